The van der Waals surface area contributed by atoms with Crippen molar-refractivity contribution in [3.63, 3.8) is 0 Å². The Kier molecular flexibility index (Phi) is 2.40. The molecule has 0 aliphatic rings. The molecule has 98 valence electrons. The van der Waals surface area contributed by atoms with Gasteiger partial charge in [-0.2, -0.15) is 5.10 Å². The lowest BCUT2D eigenvalue weighted by atomic mass is 10.3. The van der Waals surface area contributed by atoms with Gasteiger partial charge in [0.15, 0.2) is 5.65 Å². The van der Waals surface area contributed by atoms with Crippen LogP contribution in [0.3, 0.4) is 0 Å². The summed E-state index contributed by atoms with van der Waals surface area (Å²) in [6.45, 7) is 2.01. The van der Waals surface area contributed by atoms with Crippen LogP contribution in [0.15, 0.2) is 30.7 Å². The first kappa shape index (κ1) is 11.3. The Bertz CT molecular complexity index is 909. The predicted molar refractivity (Wildman–Crippen MR) is 79.3 cm³/mol. The van der Waals surface area contributed by atoms with Crippen LogP contribution >= 0.6 is 11.3 Å². The van der Waals surface area contributed by atoms with E-state index >= 15 is 0 Å². The Morgan fingerprint density at radius 3 is 3.15 bits per heavy atom. The SMILES string of the molecule is Cc1nc2ccc(Nc3ncnc4[nH]ncc34)cc2s1. The van der Waals surface area contributed by atoms with Crippen molar-refractivity contribution in [3.8, 4) is 0 Å². The molecular formula is C13H10N6S. The van der Waals surface area contributed by atoms with Crippen molar-refractivity contribution >= 4 is 44.1 Å². The summed E-state index contributed by atoms with van der Waals surface area (Å²) in [6.07, 6.45) is 3.23. The van der Waals surface area contributed by atoms with E-state index in [4.69, 9.17) is 0 Å². The maximum Gasteiger partial charge on any atom is 0.160 e. The van der Waals surface area contributed by atoms with Gasteiger partial charge in [0.1, 0.15) is 12.1 Å². The first-order valence-corrected chi connectivity index (χ1v) is 6.89. The molecule has 0 aliphatic carbocycles. The highest BCUT2D eigenvalue weighted by Crippen LogP contribution is 2.27. The van der Waals surface area contributed by atoms with E-state index in [1.165, 1.54) is 6.33 Å². The van der Waals surface area contributed by atoms with Crippen molar-refractivity contribution in [2.24, 2.45) is 0 Å². The molecule has 0 amide bonds. The van der Waals surface area contributed by atoms with E-state index < -0.39 is 0 Å². The highest BCUT2D eigenvalue weighted by atomic mass is 32.1. The van der Waals surface area contributed by atoms with Gasteiger partial charge in [0, 0.05) is 5.69 Å². The molecule has 4 aromatic rings. The molecule has 0 fully saturated rings. The van der Waals surface area contributed by atoms with E-state index in [1.807, 2.05) is 19.1 Å². The number of anilines is 2. The number of rotatable bonds is 2. The molecule has 6 nitrogen and oxygen atoms in total. The third-order valence-corrected chi connectivity index (χ3v) is 3.94. The Balaban J connectivity index is 1.78. The second kappa shape index (κ2) is 4.24. The van der Waals surface area contributed by atoms with Gasteiger partial charge < -0.3 is 5.32 Å². The molecule has 0 saturated heterocycles. The standard InChI is InChI=1S/C13H10N6S/c1-7-17-10-3-2-8(4-11(10)20-7)18-12-9-5-16-19-13(9)15-6-14-12/h2-6H,1H3,(H2,14,15,16,18,19). The minimum Gasteiger partial charge on any atom is -0.339 e. The summed E-state index contributed by atoms with van der Waals surface area (Å²) in [5.41, 5.74) is 2.72. The van der Waals surface area contributed by atoms with Gasteiger partial charge >= 0.3 is 0 Å². The second-order valence-electron chi connectivity index (χ2n) is 4.39. The molecule has 2 N–H and O–H groups in total. The molecule has 3 aromatic heterocycles. The number of aryl methyl sites for hydroxylation is 1. The Hall–Kier alpha value is -2.54. The van der Waals surface area contributed by atoms with Crippen LogP contribution in [0.4, 0.5) is 11.5 Å². The topological polar surface area (TPSA) is 79.4 Å². The molecule has 20 heavy (non-hydrogen) atoms. The minimum atomic E-state index is 0.720. The van der Waals surface area contributed by atoms with Gasteiger partial charge in [0.05, 0.1) is 26.8 Å². The third-order valence-electron chi connectivity index (χ3n) is 3.01. The summed E-state index contributed by atoms with van der Waals surface area (Å²) in [5, 5.41) is 12.0. The molecule has 0 atom stereocenters. The summed E-state index contributed by atoms with van der Waals surface area (Å²) in [7, 11) is 0. The van der Waals surface area contributed by atoms with Gasteiger partial charge in [-0.3, -0.25) is 5.10 Å². The maximum atomic E-state index is 4.45. The minimum absolute atomic E-state index is 0.720. The molecule has 3 heterocycles. The van der Waals surface area contributed by atoms with Gasteiger partial charge in [-0.15, -0.1) is 11.3 Å². The number of hydrogen-bond acceptors (Lipinski definition) is 6. The Morgan fingerprint density at radius 2 is 2.20 bits per heavy atom. The van der Waals surface area contributed by atoms with E-state index in [0.29, 0.717) is 0 Å². The Morgan fingerprint density at radius 1 is 1.25 bits per heavy atom. The van der Waals surface area contributed by atoms with Gasteiger partial charge in [0.2, 0.25) is 0 Å². The number of aromatic amines is 1. The summed E-state index contributed by atoms with van der Waals surface area (Å²) in [4.78, 5) is 12.8. The van der Waals surface area contributed by atoms with E-state index in [9.17, 15) is 0 Å². The van der Waals surface area contributed by atoms with Crippen LogP contribution in [0.5, 0.6) is 0 Å². The van der Waals surface area contributed by atoms with Crippen molar-refractivity contribution < 1.29 is 0 Å². The average Bonchev–Trinajstić information content (AvgIpc) is 3.03. The average molecular weight is 282 g/mol. The first-order valence-electron chi connectivity index (χ1n) is 6.08. The van der Waals surface area contributed by atoms with Gasteiger partial charge in [-0.05, 0) is 25.1 Å². The largest absolute Gasteiger partial charge is 0.339 e. The lowest BCUT2D eigenvalue weighted by Crippen LogP contribution is -1.94. The number of thiazole rings is 1. The summed E-state index contributed by atoms with van der Waals surface area (Å²) in [6, 6.07) is 6.08. The number of fused-ring (bicyclic) bond motifs is 2. The summed E-state index contributed by atoms with van der Waals surface area (Å²) < 4.78 is 1.16. The number of nitrogens with zero attached hydrogens (tertiary/aromatic N) is 4. The van der Waals surface area contributed by atoms with E-state index in [0.717, 1.165) is 37.8 Å². The van der Waals surface area contributed by atoms with Crippen molar-refractivity contribution in [3.05, 3.63) is 35.7 Å². The van der Waals surface area contributed by atoms with Crippen molar-refractivity contribution in [2.75, 3.05) is 5.32 Å². The predicted octanol–water partition coefficient (Wildman–Crippen LogP) is 3.01. The van der Waals surface area contributed by atoms with Crippen LogP contribution in [-0.4, -0.2) is 25.1 Å². The van der Waals surface area contributed by atoms with Crippen LogP contribution < -0.4 is 5.32 Å². The van der Waals surface area contributed by atoms with E-state index in [2.05, 4.69) is 36.5 Å². The van der Waals surface area contributed by atoms with Crippen molar-refractivity contribution in [1.29, 1.82) is 0 Å². The van der Waals surface area contributed by atoms with Gasteiger partial charge in [0.25, 0.3) is 0 Å². The van der Waals surface area contributed by atoms with Gasteiger partial charge in [-0.1, -0.05) is 0 Å². The van der Waals surface area contributed by atoms with Crippen LogP contribution in [0.2, 0.25) is 0 Å². The highest BCUT2D eigenvalue weighted by molar-refractivity contribution is 7.18. The van der Waals surface area contributed by atoms with Gasteiger partial charge in [-0.25, -0.2) is 15.0 Å². The van der Waals surface area contributed by atoms with Crippen LogP contribution in [0.1, 0.15) is 5.01 Å². The second-order valence-corrected chi connectivity index (χ2v) is 5.63. The Labute approximate surface area is 117 Å². The number of benzene rings is 1. The number of aromatic nitrogens is 5. The van der Waals surface area contributed by atoms with Crippen LogP contribution in [0.25, 0.3) is 21.3 Å². The zero-order valence-electron chi connectivity index (χ0n) is 10.6. The van der Waals surface area contributed by atoms with Crippen molar-refractivity contribution in [1.82, 2.24) is 25.1 Å². The molecule has 7 heteroatoms. The lowest BCUT2D eigenvalue weighted by Gasteiger charge is -2.05. The number of nitrogens with one attached hydrogen (secondary N) is 2. The third kappa shape index (κ3) is 1.79. The fraction of sp³-hybridized carbons (Fsp3) is 0.0769. The zero-order chi connectivity index (χ0) is 13.5. The van der Waals surface area contributed by atoms with Crippen LogP contribution in [0, 0.1) is 6.92 Å². The monoisotopic (exact) mass is 282 g/mol. The maximum absolute atomic E-state index is 4.45. The highest BCUT2D eigenvalue weighted by Gasteiger charge is 2.07. The number of H-pyrrole nitrogens is 1. The molecule has 0 spiro atoms. The van der Waals surface area contributed by atoms with E-state index in [1.54, 1.807) is 17.5 Å². The molecule has 1 aromatic carbocycles. The molecule has 0 bridgehead atoms. The smallest absolute Gasteiger partial charge is 0.160 e. The molecule has 0 unspecified atom stereocenters. The lowest BCUT2D eigenvalue weighted by molar-refractivity contribution is 1.09. The molecule has 0 radical (unpaired) electrons. The summed E-state index contributed by atoms with van der Waals surface area (Å²) in [5.74, 6) is 0.740. The molecular weight excluding hydrogens is 272 g/mol. The zero-order valence-corrected chi connectivity index (χ0v) is 11.4. The van der Waals surface area contributed by atoms with Crippen molar-refractivity contribution in [2.45, 2.75) is 6.92 Å². The fourth-order valence-corrected chi connectivity index (χ4v) is 2.99. The van der Waals surface area contributed by atoms with E-state index in [-0.39, 0.29) is 0 Å². The quantitative estimate of drug-likeness (QED) is 0.591. The molecule has 4 rings (SSSR count). The first-order chi connectivity index (χ1) is 9.79. The summed E-state index contributed by atoms with van der Waals surface area (Å²) >= 11 is 1.68. The number of hydrogen-bond donors (Lipinski definition) is 2. The van der Waals surface area contributed by atoms with Crippen LogP contribution in [-0.2, 0) is 0 Å². The normalized spacial score (nSPS) is 11.2. The fourth-order valence-electron chi connectivity index (χ4n) is 2.12. The molecule has 0 saturated carbocycles. The molecule has 0 aliphatic heterocycles.